The van der Waals surface area contributed by atoms with E-state index < -0.39 is 0 Å². The van der Waals surface area contributed by atoms with Gasteiger partial charge in [0.1, 0.15) is 0 Å². The topological polar surface area (TPSA) is 30.0 Å². The molecule has 0 saturated carbocycles. The number of thiazole rings is 1. The van der Waals surface area contributed by atoms with Gasteiger partial charge in [-0.05, 0) is 25.3 Å². The van der Waals surface area contributed by atoms with Crippen molar-refractivity contribution in [1.82, 2.24) is 4.98 Å². The Labute approximate surface area is 109 Å². The van der Waals surface area contributed by atoms with Crippen molar-refractivity contribution in [3.63, 3.8) is 0 Å². The minimum absolute atomic E-state index is 0.128. The third kappa shape index (κ3) is 3.17. The predicted molar refractivity (Wildman–Crippen MR) is 73.1 cm³/mol. The van der Waals surface area contributed by atoms with E-state index >= 15 is 0 Å². The highest BCUT2D eigenvalue weighted by atomic mass is 32.2. The number of nitrogens with zero attached hydrogens (tertiary/aromatic N) is 1. The first-order valence-electron chi connectivity index (χ1n) is 5.27. The molecule has 0 aliphatic heterocycles. The second-order valence-electron chi connectivity index (χ2n) is 3.69. The van der Waals surface area contributed by atoms with Crippen LogP contribution in [0.15, 0.2) is 34.5 Å². The van der Waals surface area contributed by atoms with Crippen LogP contribution in [0.4, 0.5) is 0 Å². The first-order valence-corrected chi connectivity index (χ1v) is 7.38. The van der Waals surface area contributed by atoms with Crippen molar-refractivity contribution in [2.75, 3.05) is 6.26 Å². The van der Waals surface area contributed by atoms with Crippen molar-refractivity contribution in [3.05, 3.63) is 45.9 Å². The van der Waals surface area contributed by atoms with E-state index in [1.807, 2.05) is 42.8 Å². The highest BCUT2D eigenvalue weighted by molar-refractivity contribution is 7.98. The van der Waals surface area contributed by atoms with Gasteiger partial charge in [-0.1, -0.05) is 12.1 Å². The number of carbonyl (C=O) groups excluding carboxylic acids is 1. The van der Waals surface area contributed by atoms with E-state index in [-0.39, 0.29) is 5.78 Å². The maximum Gasteiger partial charge on any atom is 0.168 e. The second kappa shape index (κ2) is 5.47. The lowest BCUT2D eigenvalue weighted by Crippen LogP contribution is -2.03. The maximum atomic E-state index is 12.0. The van der Waals surface area contributed by atoms with Gasteiger partial charge in [0.15, 0.2) is 5.78 Å². The number of ketones is 1. The lowest BCUT2D eigenvalue weighted by molar-refractivity contribution is 0.0992. The van der Waals surface area contributed by atoms with E-state index in [0.29, 0.717) is 6.42 Å². The molecule has 0 N–H and O–H groups in total. The normalized spacial score (nSPS) is 10.5. The zero-order chi connectivity index (χ0) is 12.3. The molecule has 0 aliphatic rings. The van der Waals surface area contributed by atoms with Crippen molar-refractivity contribution < 1.29 is 4.79 Å². The molecule has 1 aromatic heterocycles. The molecule has 0 amide bonds. The Bertz CT molecular complexity index is 516. The fourth-order valence-electron chi connectivity index (χ4n) is 1.53. The van der Waals surface area contributed by atoms with Crippen molar-refractivity contribution in [3.8, 4) is 0 Å². The van der Waals surface area contributed by atoms with Gasteiger partial charge in [0.25, 0.3) is 0 Å². The standard InChI is InChI=1S/C13H13NOS2/c1-9-14-11(8-17-9)7-13(15)10-3-5-12(16-2)6-4-10/h3-6,8H,7H2,1-2H3. The molecular formula is C13H13NOS2. The molecule has 0 saturated heterocycles. The number of Topliss-reactive ketones (excluding diaryl/α,β-unsaturated/α-hetero) is 1. The largest absolute Gasteiger partial charge is 0.294 e. The summed E-state index contributed by atoms with van der Waals surface area (Å²) in [4.78, 5) is 17.5. The molecule has 0 aliphatic carbocycles. The van der Waals surface area contributed by atoms with Gasteiger partial charge in [-0.15, -0.1) is 23.1 Å². The molecular weight excluding hydrogens is 250 g/mol. The van der Waals surface area contributed by atoms with Crippen LogP contribution in [-0.4, -0.2) is 17.0 Å². The van der Waals surface area contributed by atoms with Crippen LogP contribution in [0, 0.1) is 6.92 Å². The number of carbonyl (C=O) groups is 1. The molecule has 0 spiro atoms. The van der Waals surface area contributed by atoms with Gasteiger partial charge in [0, 0.05) is 15.8 Å². The van der Waals surface area contributed by atoms with Gasteiger partial charge in [-0.2, -0.15) is 0 Å². The Balaban J connectivity index is 2.09. The van der Waals surface area contributed by atoms with Crippen molar-refractivity contribution in [2.45, 2.75) is 18.2 Å². The summed E-state index contributed by atoms with van der Waals surface area (Å²) in [5.41, 5.74) is 1.62. The average molecular weight is 263 g/mol. The number of hydrogen-bond donors (Lipinski definition) is 0. The number of rotatable bonds is 4. The Hall–Kier alpha value is -1.13. The van der Waals surface area contributed by atoms with Gasteiger partial charge < -0.3 is 0 Å². The summed E-state index contributed by atoms with van der Waals surface area (Å²) in [6.07, 6.45) is 2.41. The minimum atomic E-state index is 0.128. The van der Waals surface area contributed by atoms with E-state index in [1.165, 1.54) is 4.90 Å². The number of benzene rings is 1. The zero-order valence-electron chi connectivity index (χ0n) is 9.77. The van der Waals surface area contributed by atoms with Crippen molar-refractivity contribution >= 4 is 28.9 Å². The molecule has 0 atom stereocenters. The summed E-state index contributed by atoms with van der Waals surface area (Å²) in [5, 5.41) is 2.95. The van der Waals surface area contributed by atoms with Gasteiger partial charge in [-0.25, -0.2) is 4.98 Å². The highest BCUT2D eigenvalue weighted by Crippen LogP contribution is 2.16. The highest BCUT2D eigenvalue weighted by Gasteiger charge is 2.09. The molecule has 0 unspecified atom stereocenters. The second-order valence-corrected chi connectivity index (χ2v) is 5.63. The lowest BCUT2D eigenvalue weighted by atomic mass is 10.1. The molecule has 0 fully saturated rings. The lowest BCUT2D eigenvalue weighted by Gasteiger charge is -2.00. The Morgan fingerprint density at radius 1 is 1.35 bits per heavy atom. The average Bonchev–Trinajstić information content (AvgIpc) is 2.75. The summed E-state index contributed by atoms with van der Waals surface area (Å²) in [6.45, 7) is 1.95. The van der Waals surface area contributed by atoms with E-state index in [2.05, 4.69) is 4.98 Å². The molecule has 17 heavy (non-hydrogen) atoms. The SMILES string of the molecule is CSc1ccc(C(=O)Cc2csc(C)n2)cc1. The van der Waals surface area contributed by atoms with Gasteiger partial charge in [0.2, 0.25) is 0 Å². The monoisotopic (exact) mass is 263 g/mol. The van der Waals surface area contributed by atoms with Crippen LogP contribution in [-0.2, 0) is 6.42 Å². The van der Waals surface area contributed by atoms with Gasteiger partial charge in [-0.3, -0.25) is 4.79 Å². The minimum Gasteiger partial charge on any atom is -0.294 e. The summed E-state index contributed by atoms with van der Waals surface area (Å²) in [7, 11) is 0. The molecule has 0 radical (unpaired) electrons. The van der Waals surface area contributed by atoms with E-state index in [1.54, 1.807) is 23.1 Å². The van der Waals surface area contributed by atoms with Crippen LogP contribution in [0.25, 0.3) is 0 Å². The summed E-state index contributed by atoms with van der Waals surface area (Å²) >= 11 is 3.26. The van der Waals surface area contributed by atoms with E-state index in [4.69, 9.17) is 0 Å². The number of hydrogen-bond acceptors (Lipinski definition) is 4. The number of aryl methyl sites for hydroxylation is 1. The summed E-state index contributed by atoms with van der Waals surface area (Å²) in [6, 6.07) is 7.72. The molecule has 1 aromatic carbocycles. The van der Waals surface area contributed by atoms with Crippen molar-refractivity contribution in [2.24, 2.45) is 0 Å². The molecule has 2 aromatic rings. The number of aromatic nitrogens is 1. The van der Waals surface area contributed by atoms with Crippen LogP contribution < -0.4 is 0 Å². The Morgan fingerprint density at radius 2 is 2.06 bits per heavy atom. The van der Waals surface area contributed by atoms with Gasteiger partial charge in [0.05, 0.1) is 17.1 Å². The predicted octanol–water partition coefficient (Wildman–Crippen LogP) is 3.60. The molecule has 88 valence electrons. The summed E-state index contributed by atoms with van der Waals surface area (Å²) in [5.74, 6) is 0.128. The zero-order valence-corrected chi connectivity index (χ0v) is 11.4. The van der Waals surface area contributed by atoms with Crippen LogP contribution in [0.2, 0.25) is 0 Å². The third-order valence-corrected chi connectivity index (χ3v) is 3.99. The Kier molecular flexibility index (Phi) is 3.97. The van der Waals surface area contributed by atoms with E-state index in [9.17, 15) is 4.79 Å². The maximum absolute atomic E-state index is 12.0. The molecule has 2 rings (SSSR count). The third-order valence-electron chi connectivity index (χ3n) is 2.42. The first-order chi connectivity index (χ1) is 8.19. The molecule has 4 heteroatoms. The fourth-order valence-corrected chi connectivity index (χ4v) is 2.55. The van der Waals surface area contributed by atoms with Gasteiger partial charge >= 0.3 is 0 Å². The molecule has 0 bridgehead atoms. The van der Waals surface area contributed by atoms with E-state index in [0.717, 1.165) is 16.3 Å². The number of thioether (sulfide) groups is 1. The molecule has 1 heterocycles. The van der Waals surface area contributed by atoms with Crippen LogP contribution in [0.1, 0.15) is 21.1 Å². The van der Waals surface area contributed by atoms with Crippen LogP contribution in [0.3, 0.4) is 0 Å². The smallest absolute Gasteiger partial charge is 0.168 e. The Morgan fingerprint density at radius 3 is 2.59 bits per heavy atom. The fraction of sp³-hybridized carbons (Fsp3) is 0.231. The quantitative estimate of drug-likeness (QED) is 0.623. The van der Waals surface area contributed by atoms with Crippen LogP contribution in [0.5, 0.6) is 0 Å². The van der Waals surface area contributed by atoms with Crippen molar-refractivity contribution in [1.29, 1.82) is 0 Å². The summed E-state index contributed by atoms with van der Waals surface area (Å²) < 4.78 is 0. The molecule has 2 nitrogen and oxygen atoms in total. The first kappa shape index (κ1) is 12.3. The van der Waals surface area contributed by atoms with Crippen LogP contribution >= 0.6 is 23.1 Å².